The van der Waals surface area contributed by atoms with E-state index in [9.17, 15) is 9.59 Å². The number of aromatic carboxylic acids is 1. The van der Waals surface area contributed by atoms with Gasteiger partial charge in [-0.2, -0.15) is 0 Å². The highest BCUT2D eigenvalue weighted by Gasteiger charge is 2.15. The van der Waals surface area contributed by atoms with Crippen molar-refractivity contribution in [2.45, 2.75) is 46.1 Å². The summed E-state index contributed by atoms with van der Waals surface area (Å²) in [6, 6.07) is 0. The molecule has 0 saturated heterocycles. The maximum Gasteiger partial charge on any atom is 0.347 e. The van der Waals surface area contributed by atoms with Crippen LogP contribution < -0.4 is 4.87 Å². The van der Waals surface area contributed by atoms with Gasteiger partial charge in [0.2, 0.25) is 0 Å². The molecule has 0 atom stereocenters. The molecule has 0 bridgehead atoms. The number of aromatic nitrogens is 1. The van der Waals surface area contributed by atoms with Gasteiger partial charge in [-0.3, -0.25) is 4.79 Å². The maximum atomic E-state index is 11.5. The first-order valence-electron chi connectivity index (χ1n) is 5.51. The highest BCUT2D eigenvalue weighted by molar-refractivity contribution is 7.11. The van der Waals surface area contributed by atoms with Crippen molar-refractivity contribution in [2.24, 2.45) is 0 Å². The minimum absolute atomic E-state index is 0.161. The third-order valence-corrected chi connectivity index (χ3v) is 3.64. The number of carboxylic acids is 1. The third kappa shape index (κ3) is 2.95. The lowest BCUT2D eigenvalue weighted by atomic mass is 10.2. The van der Waals surface area contributed by atoms with Crippen LogP contribution in [0.5, 0.6) is 0 Å². The van der Waals surface area contributed by atoms with Gasteiger partial charge in [0.25, 0.3) is 0 Å². The maximum absolute atomic E-state index is 11.5. The number of unbranched alkanes of at least 4 members (excludes halogenated alkanes) is 3. The standard InChI is InChI=1S/C11H17NO3S/c1-3-4-5-6-7-12-8(2)9(10(13)14)16-11(12)15/h3-7H2,1-2H3,(H,13,14). The molecule has 16 heavy (non-hydrogen) atoms. The average molecular weight is 243 g/mol. The van der Waals surface area contributed by atoms with Crippen LogP contribution >= 0.6 is 11.3 Å². The van der Waals surface area contributed by atoms with Crippen molar-refractivity contribution in [1.29, 1.82) is 0 Å². The van der Waals surface area contributed by atoms with Gasteiger partial charge in [0.15, 0.2) is 0 Å². The number of hydrogen-bond donors (Lipinski definition) is 1. The summed E-state index contributed by atoms with van der Waals surface area (Å²) >= 11 is 0.821. The summed E-state index contributed by atoms with van der Waals surface area (Å²) in [5, 5.41) is 8.87. The molecule has 0 saturated carbocycles. The Morgan fingerprint density at radius 2 is 2.06 bits per heavy atom. The molecule has 0 spiro atoms. The van der Waals surface area contributed by atoms with E-state index in [4.69, 9.17) is 5.11 Å². The monoisotopic (exact) mass is 243 g/mol. The summed E-state index contributed by atoms with van der Waals surface area (Å²) in [5.41, 5.74) is 0.582. The Kier molecular flexibility index (Phi) is 4.73. The molecule has 0 aliphatic rings. The van der Waals surface area contributed by atoms with E-state index >= 15 is 0 Å². The van der Waals surface area contributed by atoms with Gasteiger partial charge < -0.3 is 9.67 Å². The van der Waals surface area contributed by atoms with Gasteiger partial charge in [-0.1, -0.05) is 37.5 Å². The predicted molar refractivity (Wildman–Crippen MR) is 64.4 cm³/mol. The highest BCUT2D eigenvalue weighted by Crippen LogP contribution is 2.12. The van der Waals surface area contributed by atoms with E-state index in [2.05, 4.69) is 6.92 Å². The van der Waals surface area contributed by atoms with Crippen molar-refractivity contribution in [2.75, 3.05) is 0 Å². The zero-order chi connectivity index (χ0) is 12.1. The number of carbonyl (C=O) groups is 1. The van der Waals surface area contributed by atoms with Crippen LogP contribution in [-0.4, -0.2) is 15.6 Å². The quantitative estimate of drug-likeness (QED) is 0.781. The topological polar surface area (TPSA) is 59.3 Å². The number of hydrogen-bond acceptors (Lipinski definition) is 3. The van der Waals surface area contributed by atoms with Crippen LogP contribution in [0.15, 0.2) is 4.79 Å². The normalized spacial score (nSPS) is 10.6. The average Bonchev–Trinajstić information content (AvgIpc) is 2.51. The molecule has 1 rings (SSSR count). The van der Waals surface area contributed by atoms with Crippen LogP contribution in [0.2, 0.25) is 0 Å². The molecule has 1 heterocycles. The second-order valence-corrected chi connectivity index (χ2v) is 4.76. The zero-order valence-electron chi connectivity index (χ0n) is 9.65. The first-order chi connectivity index (χ1) is 7.57. The third-order valence-electron chi connectivity index (χ3n) is 2.57. The molecule has 1 aromatic rings. The molecule has 0 fully saturated rings. The van der Waals surface area contributed by atoms with Gasteiger partial charge in [-0.25, -0.2) is 4.79 Å². The van der Waals surface area contributed by atoms with Crippen molar-refractivity contribution < 1.29 is 9.90 Å². The summed E-state index contributed by atoms with van der Waals surface area (Å²) < 4.78 is 1.57. The number of rotatable bonds is 6. The molecule has 5 heteroatoms. The van der Waals surface area contributed by atoms with E-state index in [0.29, 0.717) is 12.2 Å². The Hall–Kier alpha value is -1.10. The molecule has 0 aliphatic carbocycles. The molecule has 1 N–H and O–H groups in total. The minimum atomic E-state index is -1.01. The fraction of sp³-hybridized carbons (Fsp3) is 0.636. The van der Waals surface area contributed by atoms with Gasteiger partial charge in [-0.15, -0.1) is 0 Å². The Bertz CT molecular complexity index is 419. The number of thiazole rings is 1. The summed E-state index contributed by atoms with van der Waals surface area (Å²) in [7, 11) is 0. The van der Waals surface area contributed by atoms with Gasteiger partial charge in [0.1, 0.15) is 4.88 Å². The van der Waals surface area contributed by atoms with E-state index < -0.39 is 5.97 Å². The van der Waals surface area contributed by atoms with E-state index in [0.717, 1.165) is 37.0 Å². The second kappa shape index (κ2) is 5.84. The Morgan fingerprint density at radius 1 is 1.38 bits per heavy atom. The summed E-state index contributed by atoms with van der Waals surface area (Å²) in [6.45, 7) is 4.46. The molecule has 4 nitrogen and oxygen atoms in total. The molecule has 0 aromatic carbocycles. The van der Waals surface area contributed by atoms with Crippen molar-refractivity contribution in [3.05, 3.63) is 20.2 Å². The highest BCUT2D eigenvalue weighted by atomic mass is 32.1. The van der Waals surface area contributed by atoms with Crippen LogP contribution in [0, 0.1) is 6.92 Å². The fourth-order valence-corrected chi connectivity index (χ4v) is 2.49. The zero-order valence-corrected chi connectivity index (χ0v) is 10.5. The van der Waals surface area contributed by atoms with Crippen LogP contribution in [0.4, 0.5) is 0 Å². The predicted octanol–water partition coefficient (Wildman–Crippen LogP) is 2.50. The van der Waals surface area contributed by atoms with Crippen molar-refractivity contribution in [3.8, 4) is 0 Å². The summed E-state index contributed by atoms with van der Waals surface area (Å²) in [5.74, 6) is -1.01. The first kappa shape index (κ1) is 13.0. The molecule has 1 aromatic heterocycles. The van der Waals surface area contributed by atoms with Crippen molar-refractivity contribution in [3.63, 3.8) is 0 Å². The lowest BCUT2D eigenvalue weighted by molar-refractivity contribution is 0.0700. The molecule has 0 amide bonds. The number of nitrogens with zero attached hydrogens (tertiary/aromatic N) is 1. The largest absolute Gasteiger partial charge is 0.477 e. The van der Waals surface area contributed by atoms with Gasteiger partial charge in [0, 0.05) is 12.2 Å². The van der Waals surface area contributed by atoms with E-state index in [1.807, 2.05) is 0 Å². The fourth-order valence-electron chi connectivity index (χ4n) is 1.63. The molecule has 0 radical (unpaired) electrons. The minimum Gasteiger partial charge on any atom is -0.477 e. The van der Waals surface area contributed by atoms with Crippen LogP contribution in [0.1, 0.15) is 48.0 Å². The Morgan fingerprint density at radius 3 is 2.56 bits per heavy atom. The van der Waals surface area contributed by atoms with E-state index in [-0.39, 0.29) is 9.75 Å². The molecule has 90 valence electrons. The lowest BCUT2D eigenvalue weighted by Gasteiger charge is -2.03. The lowest BCUT2D eigenvalue weighted by Crippen LogP contribution is -2.14. The van der Waals surface area contributed by atoms with Gasteiger partial charge in [0.05, 0.1) is 0 Å². The number of carboxylic acid groups (broad SMARTS) is 1. The molecular formula is C11H17NO3S. The van der Waals surface area contributed by atoms with Gasteiger partial charge in [-0.05, 0) is 13.3 Å². The first-order valence-corrected chi connectivity index (χ1v) is 6.33. The smallest absolute Gasteiger partial charge is 0.347 e. The van der Waals surface area contributed by atoms with Crippen LogP contribution in [-0.2, 0) is 6.54 Å². The Labute approximate surface area is 98.5 Å². The molecule has 0 unspecified atom stereocenters. The van der Waals surface area contributed by atoms with Crippen molar-refractivity contribution in [1.82, 2.24) is 4.57 Å². The van der Waals surface area contributed by atoms with Gasteiger partial charge >= 0.3 is 10.8 Å². The van der Waals surface area contributed by atoms with Crippen LogP contribution in [0.25, 0.3) is 0 Å². The SMILES string of the molecule is CCCCCCn1c(C)c(C(=O)O)sc1=O. The molecule has 0 aliphatic heterocycles. The van der Waals surface area contributed by atoms with Crippen LogP contribution in [0.3, 0.4) is 0 Å². The van der Waals surface area contributed by atoms with Crippen molar-refractivity contribution >= 4 is 17.3 Å². The molecular weight excluding hydrogens is 226 g/mol. The van der Waals surface area contributed by atoms with E-state index in [1.54, 1.807) is 11.5 Å². The van der Waals surface area contributed by atoms with E-state index in [1.165, 1.54) is 0 Å². The second-order valence-electron chi connectivity index (χ2n) is 3.80. The summed E-state index contributed by atoms with van der Waals surface area (Å²) in [6.07, 6.45) is 4.33. The Balaban J connectivity index is 2.73. The summed E-state index contributed by atoms with van der Waals surface area (Å²) in [4.78, 5) is 22.4.